The molecular formula is C13H18Cl2N2O. The predicted octanol–water partition coefficient (Wildman–Crippen LogP) is 2.54. The van der Waals surface area contributed by atoms with Crippen LogP contribution in [0.3, 0.4) is 0 Å². The van der Waals surface area contributed by atoms with Crippen molar-refractivity contribution in [3.05, 3.63) is 35.9 Å². The first-order valence-electron chi connectivity index (χ1n) is 5.73. The summed E-state index contributed by atoms with van der Waals surface area (Å²) >= 11 is 11.7. The lowest BCUT2D eigenvalue weighted by Gasteiger charge is -2.30. The quantitative estimate of drug-likeness (QED) is 0.475. The van der Waals surface area contributed by atoms with Crippen molar-refractivity contribution in [2.24, 2.45) is 0 Å². The molecule has 5 heteroatoms. The minimum Gasteiger partial charge on any atom is -0.302 e. The molecule has 1 N–H and O–H groups in total. The molecule has 1 atom stereocenters. The van der Waals surface area contributed by atoms with E-state index in [1.165, 1.54) is 4.42 Å². The van der Waals surface area contributed by atoms with Crippen LogP contribution < -0.4 is 5.32 Å². The highest BCUT2D eigenvalue weighted by molar-refractivity contribution is 6.18. The van der Waals surface area contributed by atoms with E-state index >= 15 is 0 Å². The van der Waals surface area contributed by atoms with Crippen LogP contribution >= 0.6 is 23.4 Å². The average Bonchev–Trinajstić information content (AvgIpc) is 2.36. The van der Waals surface area contributed by atoms with E-state index in [0.29, 0.717) is 18.0 Å². The summed E-state index contributed by atoms with van der Waals surface area (Å²) in [5.41, 5.74) is 0.309. The number of nitrogens with zero attached hydrogens (tertiary/aromatic N) is 1. The van der Waals surface area contributed by atoms with Gasteiger partial charge in [0.05, 0.1) is 6.54 Å². The molecule has 0 fully saturated rings. The molecule has 0 heterocycles. The highest BCUT2D eigenvalue weighted by atomic mass is 35.5. The first-order valence-corrected chi connectivity index (χ1v) is 6.60. The largest absolute Gasteiger partial charge is 0.302 e. The normalized spacial score (nSPS) is 14.5. The fourth-order valence-electron chi connectivity index (χ4n) is 1.65. The Bertz CT molecular complexity index is 384. The second kappa shape index (κ2) is 7.10. The molecule has 0 aliphatic carbocycles. The standard InChI is InChI=1S/C13H18Cl2N2O/c1-13(9-14,10-17(2)15)16-8-12(18)11-6-4-3-5-7-11/h3-7,16H,8-10H2,1-2H3. The van der Waals surface area contributed by atoms with Crippen LogP contribution in [0.25, 0.3) is 0 Å². The third-order valence-corrected chi connectivity index (χ3v) is 3.34. The molecule has 0 amide bonds. The lowest BCUT2D eigenvalue weighted by atomic mass is 10.0. The molecule has 18 heavy (non-hydrogen) atoms. The van der Waals surface area contributed by atoms with Crippen molar-refractivity contribution in [1.82, 2.24) is 9.74 Å². The smallest absolute Gasteiger partial charge is 0.176 e. The molecule has 100 valence electrons. The van der Waals surface area contributed by atoms with Gasteiger partial charge < -0.3 is 5.32 Å². The van der Waals surface area contributed by atoms with E-state index in [4.69, 9.17) is 23.4 Å². The number of carbonyl (C=O) groups excluding carboxylic acids is 1. The Morgan fingerprint density at radius 2 is 2.00 bits per heavy atom. The molecule has 1 rings (SSSR count). The number of Topliss-reactive ketones (excluding diaryl/α,β-unsaturated/α-hetero) is 1. The minimum absolute atomic E-state index is 0.0455. The lowest BCUT2D eigenvalue weighted by Crippen LogP contribution is -2.52. The summed E-state index contributed by atoms with van der Waals surface area (Å²) in [5.74, 6) is 0.427. The molecule has 0 aliphatic heterocycles. The van der Waals surface area contributed by atoms with Crippen LogP contribution in [-0.2, 0) is 0 Å². The number of rotatable bonds is 7. The number of benzene rings is 1. The lowest BCUT2D eigenvalue weighted by molar-refractivity contribution is 0.0979. The Kier molecular flexibility index (Phi) is 6.09. The number of hydrogen-bond acceptors (Lipinski definition) is 3. The van der Waals surface area contributed by atoms with E-state index in [1.54, 1.807) is 19.2 Å². The van der Waals surface area contributed by atoms with Gasteiger partial charge in [-0.1, -0.05) is 30.3 Å². The summed E-state index contributed by atoms with van der Waals surface area (Å²) in [4.78, 5) is 11.9. The van der Waals surface area contributed by atoms with E-state index in [2.05, 4.69) is 5.32 Å². The summed E-state index contributed by atoms with van der Waals surface area (Å²) in [5, 5.41) is 3.17. The first-order chi connectivity index (χ1) is 8.47. The number of likely N-dealkylation sites (N-methyl/N-ethyl adjacent to an activating group) is 1. The highest BCUT2D eigenvalue weighted by Crippen LogP contribution is 2.10. The van der Waals surface area contributed by atoms with Gasteiger partial charge in [0, 0.05) is 30.6 Å². The van der Waals surface area contributed by atoms with Crippen molar-refractivity contribution in [1.29, 1.82) is 0 Å². The van der Waals surface area contributed by atoms with Gasteiger partial charge in [0.2, 0.25) is 0 Å². The van der Waals surface area contributed by atoms with Gasteiger partial charge >= 0.3 is 0 Å². The zero-order valence-electron chi connectivity index (χ0n) is 10.6. The van der Waals surface area contributed by atoms with Gasteiger partial charge in [-0.25, -0.2) is 4.42 Å². The Morgan fingerprint density at radius 3 is 2.50 bits per heavy atom. The highest BCUT2D eigenvalue weighted by Gasteiger charge is 2.25. The molecule has 0 spiro atoms. The van der Waals surface area contributed by atoms with E-state index in [1.807, 2.05) is 25.1 Å². The monoisotopic (exact) mass is 288 g/mol. The van der Waals surface area contributed by atoms with Crippen LogP contribution in [0.2, 0.25) is 0 Å². The zero-order valence-corrected chi connectivity index (χ0v) is 12.1. The summed E-state index contributed by atoms with van der Waals surface area (Å²) < 4.78 is 1.53. The number of carbonyl (C=O) groups is 1. The Morgan fingerprint density at radius 1 is 1.39 bits per heavy atom. The minimum atomic E-state index is -0.386. The van der Waals surface area contributed by atoms with Gasteiger partial charge in [-0.2, -0.15) is 0 Å². The number of nitrogens with one attached hydrogen (secondary N) is 1. The maximum atomic E-state index is 11.9. The van der Waals surface area contributed by atoms with Crippen LogP contribution in [0.1, 0.15) is 17.3 Å². The second-order valence-corrected chi connectivity index (χ2v) is 5.44. The van der Waals surface area contributed by atoms with Crippen molar-refractivity contribution >= 4 is 29.2 Å². The summed E-state index contributed by atoms with van der Waals surface area (Å²) in [7, 11) is 1.76. The van der Waals surface area contributed by atoms with Gasteiger partial charge in [-0.3, -0.25) is 4.79 Å². The molecule has 0 aliphatic rings. The Balaban J connectivity index is 2.56. The fourth-order valence-corrected chi connectivity index (χ4v) is 2.09. The van der Waals surface area contributed by atoms with Crippen molar-refractivity contribution in [2.75, 3.05) is 26.0 Å². The summed E-state index contributed by atoms with van der Waals surface area (Å²) in [6.07, 6.45) is 0. The molecule has 3 nitrogen and oxygen atoms in total. The van der Waals surface area contributed by atoms with E-state index in [9.17, 15) is 4.79 Å². The van der Waals surface area contributed by atoms with Crippen molar-refractivity contribution < 1.29 is 4.79 Å². The van der Waals surface area contributed by atoms with Gasteiger partial charge in [0.15, 0.2) is 5.78 Å². The Labute approximate surface area is 118 Å². The van der Waals surface area contributed by atoms with Crippen molar-refractivity contribution in [3.63, 3.8) is 0 Å². The van der Waals surface area contributed by atoms with Crippen LogP contribution in [0.5, 0.6) is 0 Å². The van der Waals surface area contributed by atoms with E-state index in [-0.39, 0.29) is 17.9 Å². The van der Waals surface area contributed by atoms with Crippen molar-refractivity contribution in [3.8, 4) is 0 Å². The topological polar surface area (TPSA) is 32.3 Å². The molecular weight excluding hydrogens is 271 g/mol. The third kappa shape index (κ3) is 4.94. The molecule has 1 aromatic rings. The maximum absolute atomic E-state index is 11.9. The van der Waals surface area contributed by atoms with Crippen LogP contribution in [0, 0.1) is 0 Å². The molecule has 0 saturated heterocycles. The molecule has 1 aromatic carbocycles. The van der Waals surface area contributed by atoms with Crippen LogP contribution in [0.4, 0.5) is 0 Å². The van der Waals surface area contributed by atoms with Gasteiger partial charge in [-0.05, 0) is 18.7 Å². The molecule has 0 saturated carbocycles. The van der Waals surface area contributed by atoms with Crippen LogP contribution in [-0.4, -0.2) is 41.8 Å². The zero-order chi connectivity index (χ0) is 13.6. The van der Waals surface area contributed by atoms with Crippen LogP contribution in [0.15, 0.2) is 30.3 Å². The molecule has 0 aromatic heterocycles. The van der Waals surface area contributed by atoms with Gasteiger partial charge in [-0.15, -0.1) is 11.6 Å². The first kappa shape index (κ1) is 15.4. The SMILES string of the molecule is CN(Cl)CC(C)(CCl)NCC(=O)c1ccccc1. The summed E-state index contributed by atoms with van der Waals surface area (Å²) in [6, 6.07) is 9.18. The van der Waals surface area contributed by atoms with Crippen molar-refractivity contribution in [2.45, 2.75) is 12.5 Å². The third-order valence-electron chi connectivity index (χ3n) is 2.63. The fraction of sp³-hybridized carbons (Fsp3) is 0.462. The predicted molar refractivity (Wildman–Crippen MR) is 76.4 cm³/mol. The molecule has 0 radical (unpaired) electrons. The number of hydrogen-bond donors (Lipinski definition) is 1. The Hall–Kier alpha value is -0.610. The average molecular weight is 289 g/mol. The van der Waals surface area contributed by atoms with Gasteiger partial charge in [0.1, 0.15) is 0 Å². The van der Waals surface area contributed by atoms with Gasteiger partial charge in [0.25, 0.3) is 0 Å². The molecule has 0 bridgehead atoms. The second-order valence-electron chi connectivity index (χ2n) is 4.60. The number of alkyl halides is 1. The number of ketones is 1. The summed E-state index contributed by atoms with van der Waals surface area (Å²) in [6.45, 7) is 2.75. The maximum Gasteiger partial charge on any atom is 0.176 e. The van der Waals surface area contributed by atoms with E-state index in [0.717, 1.165) is 0 Å². The van der Waals surface area contributed by atoms with E-state index < -0.39 is 0 Å². The number of halogens is 2. The molecule has 1 unspecified atom stereocenters.